The molecule has 1 unspecified atom stereocenters. The van der Waals surface area contributed by atoms with Gasteiger partial charge in [0.25, 0.3) is 0 Å². The van der Waals surface area contributed by atoms with Gasteiger partial charge in [-0.1, -0.05) is 31.2 Å². The van der Waals surface area contributed by atoms with E-state index in [4.69, 9.17) is 0 Å². The third-order valence-corrected chi connectivity index (χ3v) is 2.50. The molecule has 0 aromatic heterocycles. The lowest BCUT2D eigenvalue weighted by Crippen LogP contribution is -2.29. The SMILES string of the molecule is [CH2]CC1NCCc2ccccc21. The molecule has 0 saturated heterocycles. The number of fused-ring (bicyclic) bond motifs is 1. The fraction of sp³-hybridized carbons (Fsp3) is 0.364. The van der Waals surface area contributed by atoms with Crippen LogP contribution in [0.15, 0.2) is 24.3 Å². The third-order valence-electron chi connectivity index (χ3n) is 2.50. The van der Waals surface area contributed by atoms with E-state index in [1.165, 1.54) is 11.1 Å². The van der Waals surface area contributed by atoms with Crippen molar-refractivity contribution in [3.05, 3.63) is 42.3 Å². The zero-order valence-electron chi connectivity index (χ0n) is 7.22. The van der Waals surface area contributed by atoms with Gasteiger partial charge in [0.05, 0.1) is 0 Å². The molecule has 0 bridgehead atoms. The minimum Gasteiger partial charge on any atom is -0.310 e. The summed E-state index contributed by atoms with van der Waals surface area (Å²) in [6.45, 7) is 5.04. The van der Waals surface area contributed by atoms with Crippen molar-refractivity contribution in [1.82, 2.24) is 5.32 Å². The van der Waals surface area contributed by atoms with Gasteiger partial charge < -0.3 is 5.32 Å². The average molecular weight is 160 g/mol. The van der Waals surface area contributed by atoms with Crippen LogP contribution in [0.2, 0.25) is 0 Å². The Morgan fingerprint density at radius 2 is 2.25 bits per heavy atom. The highest BCUT2D eigenvalue weighted by Crippen LogP contribution is 2.24. The van der Waals surface area contributed by atoms with Crippen LogP contribution in [0.4, 0.5) is 0 Å². The van der Waals surface area contributed by atoms with E-state index in [1.54, 1.807) is 0 Å². The van der Waals surface area contributed by atoms with Crippen molar-refractivity contribution in [2.24, 2.45) is 0 Å². The van der Waals surface area contributed by atoms with E-state index >= 15 is 0 Å². The van der Waals surface area contributed by atoms with Gasteiger partial charge in [-0.05, 0) is 30.5 Å². The van der Waals surface area contributed by atoms with Gasteiger partial charge in [0.15, 0.2) is 0 Å². The standard InChI is InChI=1S/C11H14N/c1-2-11-10-6-4-3-5-9(10)7-8-12-11/h3-6,11-12H,1-2,7-8H2. The summed E-state index contributed by atoms with van der Waals surface area (Å²) in [4.78, 5) is 0. The first-order valence-electron chi connectivity index (χ1n) is 4.52. The number of benzene rings is 1. The summed E-state index contributed by atoms with van der Waals surface area (Å²) < 4.78 is 0. The van der Waals surface area contributed by atoms with Gasteiger partial charge in [0.2, 0.25) is 0 Å². The minimum absolute atomic E-state index is 0.481. The molecule has 1 N–H and O–H groups in total. The Hall–Kier alpha value is -0.820. The molecule has 2 rings (SSSR count). The highest BCUT2D eigenvalue weighted by atomic mass is 14.9. The zero-order valence-corrected chi connectivity index (χ0v) is 7.22. The minimum atomic E-state index is 0.481. The largest absolute Gasteiger partial charge is 0.310 e. The van der Waals surface area contributed by atoms with Crippen molar-refractivity contribution in [3.63, 3.8) is 0 Å². The van der Waals surface area contributed by atoms with Crippen LogP contribution in [-0.4, -0.2) is 6.54 Å². The molecule has 0 amide bonds. The topological polar surface area (TPSA) is 12.0 Å². The molecular weight excluding hydrogens is 146 g/mol. The van der Waals surface area contributed by atoms with Gasteiger partial charge in [-0.25, -0.2) is 0 Å². The van der Waals surface area contributed by atoms with Crippen LogP contribution in [0.1, 0.15) is 23.6 Å². The van der Waals surface area contributed by atoms with Crippen molar-refractivity contribution in [2.75, 3.05) is 6.54 Å². The summed E-state index contributed by atoms with van der Waals surface area (Å²) in [5, 5.41) is 3.46. The molecule has 0 aliphatic carbocycles. The molecule has 1 radical (unpaired) electrons. The van der Waals surface area contributed by atoms with Crippen molar-refractivity contribution in [3.8, 4) is 0 Å². The monoisotopic (exact) mass is 160 g/mol. The maximum Gasteiger partial charge on any atom is 0.0323 e. The normalized spacial score (nSPS) is 21.9. The molecule has 1 aromatic rings. The van der Waals surface area contributed by atoms with Crippen LogP contribution < -0.4 is 5.32 Å². The second kappa shape index (κ2) is 3.28. The first-order chi connectivity index (χ1) is 5.92. The smallest absolute Gasteiger partial charge is 0.0323 e. The van der Waals surface area contributed by atoms with Crippen LogP contribution in [0.3, 0.4) is 0 Å². The highest BCUT2D eigenvalue weighted by Gasteiger charge is 2.16. The molecule has 0 saturated carbocycles. The molecule has 1 aliphatic heterocycles. The second-order valence-corrected chi connectivity index (χ2v) is 3.24. The van der Waals surface area contributed by atoms with Crippen LogP contribution in [0, 0.1) is 6.92 Å². The van der Waals surface area contributed by atoms with E-state index in [2.05, 4.69) is 36.5 Å². The Morgan fingerprint density at radius 3 is 3.08 bits per heavy atom. The van der Waals surface area contributed by atoms with Crippen molar-refractivity contribution in [1.29, 1.82) is 0 Å². The molecule has 12 heavy (non-hydrogen) atoms. The van der Waals surface area contributed by atoms with Gasteiger partial charge in [-0.15, -0.1) is 0 Å². The van der Waals surface area contributed by atoms with Crippen molar-refractivity contribution in [2.45, 2.75) is 18.9 Å². The van der Waals surface area contributed by atoms with Crippen LogP contribution in [-0.2, 0) is 6.42 Å². The number of rotatable bonds is 1. The molecule has 1 heterocycles. The molecular formula is C11H14N. The van der Waals surface area contributed by atoms with Gasteiger partial charge >= 0.3 is 0 Å². The lowest BCUT2D eigenvalue weighted by molar-refractivity contribution is 0.508. The summed E-state index contributed by atoms with van der Waals surface area (Å²) in [5.74, 6) is 0. The summed E-state index contributed by atoms with van der Waals surface area (Å²) in [6.07, 6.45) is 2.10. The molecule has 1 aromatic carbocycles. The second-order valence-electron chi connectivity index (χ2n) is 3.24. The molecule has 1 heteroatoms. The Labute approximate surface area is 73.8 Å². The number of nitrogens with one attached hydrogen (secondary N) is 1. The van der Waals surface area contributed by atoms with Crippen LogP contribution >= 0.6 is 0 Å². The van der Waals surface area contributed by atoms with E-state index < -0.39 is 0 Å². The lowest BCUT2D eigenvalue weighted by Gasteiger charge is -2.25. The first kappa shape index (κ1) is 7.81. The number of hydrogen-bond donors (Lipinski definition) is 1. The van der Waals surface area contributed by atoms with E-state index in [0.29, 0.717) is 6.04 Å². The van der Waals surface area contributed by atoms with Crippen LogP contribution in [0.5, 0.6) is 0 Å². The Morgan fingerprint density at radius 1 is 1.42 bits per heavy atom. The summed E-state index contributed by atoms with van der Waals surface area (Å²) >= 11 is 0. The molecule has 0 spiro atoms. The highest BCUT2D eigenvalue weighted by molar-refractivity contribution is 5.32. The predicted octanol–water partition coefficient (Wildman–Crippen LogP) is 2.10. The molecule has 1 nitrogen and oxygen atoms in total. The van der Waals surface area contributed by atoms with Crippen molar-refractivity contribution < 1.29 is 0 Å². The third kappa shape index (κ3) is 1.25. The summed E-state index contributed by atoms with van der Waals surface area (Å²) in [6, 6.07) is 9.13. The van der Waals surface area contributed by atoms with E-state index in [1.807, 2.05) is 0 Å². The molecule has 63 valence electrons. The quantitative estimate of drug-likeness (QED) is 0.663. The predicted molar refractivity (Wildman–Crippen MR) is 50.9 cm³/mol. The fourth-order valence-corrected chi connectivity index (χ4v) is 1.85. The first-order valence-corrected chi connectivity index (χ1v) is 4.52. The maximum absolute atomic E-state index is 3.95. The summed E-state index contributed by atoms with van der Waals surface area (Å²) in [5.41, 5.74) is 2.93. The number of hydrogen-bond acceptors (Lipinski definition) is 1. The van der Waals surface area contributed by atoms with Gasteiger partial charge in [-0.2, -0.15) is 0 Å². The average Bonchev–Trinajstić information content (AvgIpc) is 2.17. The molecule has 0 fully saturated rings. The Bertz CT molecular complexity index is 267. The maximum atomic E-state index is 3.95. The van der Waals surface area contributed by atoms with E-state index in [-0.39, 0.29) is 0 Å². The van der Waals surface area contributed by atoms with Gasteiger partial charge in [0.1, 0.15) is 0 Å². The Balaban J connectivity index is 2.37. The fourth-order valence-electron chi connectivity index (χ4n) is 1.85. The van der Waals surface area contributed by atoms with Gasteiger partial charge in [-0.3, -0.25) is 0 Å². The van der Waals surface area contributed by atoms with E-state index in [9.17, 15) is 0 Å². The summed E-state index contributed by atoms with van der Waals surface area (Å²) in [7, 11) is 0. The zero-order chi connectivity index (χ0) is 8.39. The van der Waals surface area contributed by atoms with Crippen LogP contribution in [0.25, 0.3) is 0 Å². The van der Waals surface area contributed by atoms with E-state index in [0.717, 1.165) is 19.4 Å². The Kier molecular flexibility index (Phi) is 2.13. The molecule has 1 aliphatic rings. The van der Waals surface area contributed by atoms with Gasteiger partial charge in [0, 0.05) is 6.04 Å². The van der Waals surface area contributed by atoms with Crippen molar-refractivity contribution >= 4 is 0 Å². The lowest BCUT2D eigenvalue weighted by atomic mass is 9.93. The molecule has 1 atom stereocenters.